The molecule has 3 atom stereocenters. The first-order chi connectivity index (χ1) is 10.3. The van der Waals surface area contributed by atoms with Crippen LogP contribution in [0.2, 0.25) is 0 Å². The van der Waals surface area contributed by atoms with Gasteiger partial charge in [-0.25, -0.2) is 0 Å². The average Bonchev–Trinajstić information content (AvgIpc) is 2.82. The summed E-state index contributed by atoms with van der Waals surface area (Å²) in [7, 11) is 3.90. The van der Waals surface area contributed by atoms with Gasteiger partial charge in [-0.05, 0) is 32.5 Å². The highest BCUT2D eigenvalue weighted by Crippen LogP contribution is 2.33. The van der Waals surface area contributed by atoms with Crippen LogP contribution in [0.1, 0.15) is 30.8 Å². The topological polar surface area (TPSA) is 45.5 Å². The zero-order chi connectivity index (χ0) is 16.1. The van der Waals surface area contributed by atoms with E-state index < -0.39 is 5.60 Å². The molecule has 0 amide bonds. The summed E-state index contributed by atoms with van der Waals surface area (Å²) in [6.45, 7) is 4.55. The molecule has 0 aliphatic carbocycles. The summed E-state index contributed by atoms with van der Waals surface area (Å²) in [4.78, 5) is 15.2. The molecule has 3 unspecified atom stereocenters. The first-order valence-corrected chi connectivity index (χ1v) is 7.84. The molecule has 1 aromatic carbocycles. The second-order valence-corrected chi connectivity index (χ2v) is 6.83. The summed E-state index contributed by atoms with van der Waals surface area (Å²) in [5, 5.41) is 11.6. The second kappa shape index (κ2) is 5.21. The summed E-state index contributed by atoms with van der Waals surface area (Å²) in [5.74, 6) is -0.00885. The van der Waals surface area contributed by atoms with Gasteiger partial charge in [0.15, 0.2) is 5.78 Å². The lowest BCUT2D eigenvalue weighted by atomic mass is 9.76. The number of likely N-dealkylation sites (N-methyl/N-ethyl adjacent to an activating group) is 1. The number of Topliss-reactive ketones (excluding diaryl/α,β-unsaturated/α-hetero) is 1. The number of hydrogen-bond donors (Lipinski definition) is 1. The summed E-state index contributed by atoms with van der Waals surface area (Å²) in [5.41, 5.74) is 0.976. The number of likely N-dealkylation sites (tertiary alicyclic amines) is 1. The van der Waals surface area contributed by atoms with E-state index >= 15 is 0 Å². The Morgan fingerprint density at radius 1 is 1.32 bits per heavy atom. The zero-order valence-corrected chi connectivity index (χ0v) is 13.7. The van der Waals surface area contributed by atoms with Gasteiger partial charge < -0.3 is 9.67 Å². The first kappa shape index (κ1) is 15.3. The first-order valence-electron chi connectivity index (χ1n) is 7.84. The van der Waals surface area contributed by atoms with E-state index in [0.29, 0.717) is 12.1 Å². The molecule has 1 aliphatic heterocycles. The van der Waals surface area contributed by atoms with E-state index in [-0.39, 0.29) is 17.7 Å². The third kappa shape index (κ3) is 2.27. The molecule has 2 aromatic rings. The van der Waals surface area contributed by atoms with E-state index in [0.717, 1.165) is 17.4 Å². The van der Waals surface area contributed by atoms with Crippen LogP contribution in [0.4, 0.5) is 0 Å². The highest BCUT2D eigenvalue weighted by molar-refractivity contribution is 6.03. The molecule has 1 N–H and O–H groups in total. The van der Waals surface area contributed by atoms with Crippen molar-refractivity contribution in [3.05, 3.63) is 36.0 Å². The molecule has 22 heavy (non-hydrogen) atoms. The lowest BCUT2D eigenvalue weighted by Crippen LogP contribution is -2.57. The molecule has 2 heterocycles. The van der Waals surface area contributed by atoms with Crippen LogP contribution < -0.4 is 0 Å². The number of aromatic nitrogens is 1. The molecular weight excluding hydrogens is 276 g/mol. The normalized spacial score (nSPS) is 29.9. The van der Waals surface area contributed by atoms with Gasteiger partial charge >= 0.3 is 0 Å². The molecule has 118 valence electrons. The van der Waals surface area contributed by atoms with Gasteiger partial charge in [-0.1, -0.05) is 25.1 Å². The number of hydrogen-bond acceptors (Lipinski definition) is 3. The van der Waals surface area contributed by atoms with Crippen LogP contribution in [-0.2, 0) is 7.05 Å². The molecule has 0 bridgehead atoms. The quantitative estimate of drug-likeness (QED) is 0.867. The van der Waals surface area contributed by atoms with Gasteiger partial charge in [0.1, 0.15) is 0 Å². The van der Waals surface area contributed by atoms with Gasteiger partial charge in [0.25, 0.3) is 0 Å². The fourth-order valence-corrected chi connectivity index (χ4v) is 3.60. The van der Waals surface area contributed by atoms with E-state index in [4.69, 9.17) is 0 Å². The predicted molar refractivity (Wildman–Crippen MR) is 88.1 cm³/mol. The average molecular weight is 300 g/mol. The molecule has 4 nitrogen and oxygen atoms in total. The largest absolute Gasteiger partial charge is 0.390 e. The summed E-state index contributed by atoms with van der Waals surface area (Å²) < 4.78 is 1.96. The van der Waals surface area contributed by atoms with Crippen molar-refractivity contribution in [2.24, 2.45) is 13.0 Å². The van der Waals surface area contributed by atoms with E-state index in [9.17, 15) is 9.90 Å². The van der Waals surface area contributed by atoms with Crippen LogP contribution in [0.25, 0.3) is 10.9 Å². The summed E-state index contributed by atoms with van der Waals surface area (Å²) >= 11 is 0. The third-order valence-electron chi connectivity index (χ3n) is 5.37. The summed E-state index contributed by atoms with van der Waals surface area (Å²) in [6, 6.07) is 9.69. The van der Waals surface area contributed by atoms with Crippen LogP contribution in [0.5, 0.6) is 0 Å². The second-order valence-electron chi connectivity index (χ2n) is 6.83. The Labute approximate surface area is 131 Å². The molecule has 1 aliphatic rings. The summed E-state index contributed by atoms with van der Waals surface area (Å²) in [6.07, 6.45) is 0.698. The van der Waals surface area contributed by atoms with Gasteiger partial charge in [0.05, 0.1) is 17.3 Å². The van der Waals surface area contributed by atoms with Crippen molar-refractivity contribution in [3.63, 3.8) is 0 Å². The van der Waals surface area contributed by atoms with E-state index in [1.54, 1.807) is 0 Å². The molecule has 3 rings (SSSR count). The SMILES string of the molecule is CC1C(C(=O)c2cc3ccccc3n2C)N(C)CCC1(C)O. The molecule has 1 fully saturated rings. The van der Waals surface area contributed by atoms with Crippen LogP contribution in [0.15, 0.2) is 30.3 Å². The lowest BCUT2D eigenvalue weighted by molar-refractivity contribution is -0.0658. The van der Waals surface area contributed by atoms with Crippen molar-refractivity contribution >= 4 is 16.7 Å². The van der Waals surface area contributed by atoms with Gasteiger partial charge in [-0.2, -0.15) is 0 Å². The van der Waals surface area contributed by atoms with Crippen LogP contribution >= 0.6 is 0 Å². The van der Waals surface area contributed by atoms with E-state index in [1.165, 1.54) is 0 Å². The minimum atomic E-state index is -0.794. The number of para-hydroxylation sites is 1. The van der Waals surface area contributed by atoms with Crippen molar-refractivity contribution in [3.8, 4) is 0 Å². The number of fused-ring (bicyclic) bond motifs is 1. The van der Waals surface area contributed by atoms with Gasteiger partial charge in [0.2, 0.25) is 0 Å². The van der Waals surface area contributed by atoms with Crippen LogP contribution in [0.3, 0.4) is 0 Å². The minimum absolute atomic E-state index is 0.0914. The number of nitrogens with zero attached hydrogens (tertiary/aromatic N) is 2. The fourth-order valence-electron chi connectivity index (χ4n) is 3.60. The molecule has 1 aromatic heterocycles. The maximum Gasteiger partial charge on any atom is 0.196 e. The van der Waals surface area contributed by atoms with Gasteiger partial charge in [-0.3, -0.25) is 9.69 Å². The molecular formula is C18H24N2O2. The third-order valence-corrected chi connectivity index (χ3v) is 5.37. The number of piperidine rings is 1. The predicted octanol–water partition coefficient (Wildman–Crippen LogP) is 2.45. The van der Waals surface area contributed by atoms with Crippen LogP contribution in [0, 0.1) is 5.92 Å². The maximum absolute atomic E-state index is 13.1. The lowest BCUT2D eigenvalue weighted by Gasteiger charge is -2.45. The Bertz CT molecular complexity index is 717. The molecule has 0 saturated carbocycles. The maximum atomic E-state index is 13.1. The number of aryl methyl sites for hydroxylation is 1. The molecule has 4 heteroatoms. The Balaban J connectivity index is 2.03. The Morgan fingerprint density at radius 3 is 2.68 bits per heavy atom. The Morgan fingerprint density at radius 2 is 2.00 bits per heavy atom. The van der Waals surface area contributed by atoms with E-state index in [2.05, 4.69) is 4.90 Å². The highest BCUT2D eigenvalue weighted by atomic mass is 16.3. The standard InChI is InChI=1S/C18H24N2O2/c1-12-16(19(3)10-9-18(12,2)22)17(21)15-11-13-7-5-6-8-14(13)20(15)4/h5-8,11-12,16,22H,9-10H2,1-4H3. The monoisotopic (exact) mass is 300 g/mol. The number of rotatable bonds is 2. The van der Waals surface area contributed by atoms with E-state index in [1.807, 2.05) is 62.8 Å². The number of carbonyl (C=O) groups excluding carboxylic acids is 1. The minimum Gasteiger partial charge on any atom is -0.390 e. The molecule has 1 saturated heterocycles. The number of aliphatic hydroxyl groups is 1. The molecule has 0 spiro atoms. The fraction of sp³-hybridized carbons (Fsp3) is 0.500. The molecule has 0 radical (unpaired) electrons. The Kier molecular flexibility index (Phi) is 3.62. The van der Waals surface area contributed by atoms with Crippen molar-refractivity contribution < 1.29 is 9.90 Å². The van der Waals surface area contributed by atoms with Crippen LogP contribution in [-0.4, -0.2) is 45.6 Å². The van der Waals surface area contributed by atoms with Crippen molar-refractivity contribution in [2.45, 2.75) is 31.9 Å². The van der Waals surface area contributed by atoms with Crippen molar-refractivity contribution in [1.29, 1.82) is 0 Å². The van der Waals surface area contributed by atoms with Gasteiger partial charge in [0, 0.05) is 30.4 Å². The highest BCUT2D eigenvalue weighted by Gasteiger charge is 2.44. The van der Waals surface area contributed by atoms with Gasteiger partial charge in [-0.15, -0.1) is 0 Å². The van der Waals surface area contributed by atoms with Crippen molar-refractivity contribution in [2.75, 3.05) is 13.6 Å². The smallest absolute Gasteiger partial charge is 0.196 e. The Hall–Kier alpha value is -1.65. The zero-order valence-electron chi connectivity index (χ0n) is 13.7. The number of ketones is 1. The number of benzene rings is 1. The number of carbonyl (C=O) groups is 1. The van der Waals surface area contributed by atoms with Crippen molar-refractivity contribution in [1.82, 2.24) is 9.47 Å².